The molecule has 1 aromatic carbocycles. The van der Waals surface area contributed by atoms with Gasteiger partial charge >= 0.3 is 17.8 Å². The second kappa shape index (κ2) is 6.91. The Kier molecular flexibility index (Phi) is 4.87. The van der Waals surface area contributed by atoms with E-state index in [-0.39, 0.29) is 12.7 Å². The molecule has 0 aromatic heterocycles. The summed E-state index contributed by atoms with van der Waals surface area (Å²) in [6.07, 6.45) is 3.57. The van der Waals surface area contributed by atoms with Crippen molar-refractivity contribution in [2.75, 3.05) is 13.7 Å². The minimum Gasteiger partial charge on any atom is -0.284 e. The molecule has 0 spiro atoms. The van der Waals surface area contributed by atoms with Gasteiger partial charge in [-0.1, -0.05) is 36.6 Å². The normalized spacial score (nSPS) is 19.2. The number of urea groups is 1. The van der Waals surface area contributed by atoms with E-state index in [1.807, 2.05) is 17.0 Å². The van der Waals surface area contributed by atoms with Crippen LogP contribution in [0.1, 0.15) is 31.2 Å². The van der Waals surface area contributed by atoms with Crippen LogP contribution >= 0.6 is 11.6 Å². The maximum Gasteiger partial charge on any atom is 0.335 e. The van der Waals surface area contributed by atoms with Crippen molar-refractivity contribution < 1.29 is 14.4 Å². The van der Waals surface area contributed by atoms with Gasteiger partial charge in [-0.2, -0.15) is 0 Å². The van der Waals surface area contributed by atoms with Gasteiger partial charge in [0.25, 0.3) is 0 Å². The molecule has 1 aliphatic heterocycles. The Morgan fingerprint density at radius 2 is 1.71 bits per heavy atom. The van der Waals surface area contributed by atoms with Crippen molar-refractivity contribution in [3.8, 4) is 0 Å². The molecule has 1 aliphatic carbocycles. The third-order valence-corrected chi connectivity index (χ3v) is 4.77. The highest BCUT2D eigenvalue weighted by Crippen LogP contribution is 2.27. The van der Waals surface area contributed by atoms with Crippen molar-refractivity contribution in [1.29, 1.82) is 0 Å². The second-order valence-corrected chi connectivity index (χ2v) is 6.85. The maximum absolute atomic E-state index is 12.5. The van der Waals surface area contributed by atoms with Crippen LogP contribution in [0.3, 0.4) is 0 Å². The molecule has 0 N–H and O–H groups in total. The van der Waals surface area contributed by atoms with Crippen LogP contribution < -0.4 is 0 Å². The van der Waals surface area contributed by atoms with E-state index < -0.39 is 17.8 Å². The Bertz CT molecular complexity index is 656. The van der Waals surface area contributed by atoms with Crippen molar-refractivity contribution in [2.45, 2.75) is 38.3 Å². The standard InChI is InChI=1S/C17H20ClN3O3/c1-19(10-12-6-8-13(18)9-7-12)11-20-15(22)16(23)21(17(20)24)14-4-2-3-5-14/h6-9,14H,2-5,10-11H2,1H3. The van der Waals surface area contributed by atoms with E-state index in [0.29, 0.717) is 11.6 Å². The van der Waals surface area contributed by atoms with Gasteiger partial charge in [0.15, 0.2) is 0 Å². The zero-order valence-electron chi connectivity index (χ0n) is 13.6. The number of amides is 4. The Hall–Kier alpha value is -1.92. The summed E-state index contributed by atoms with van der Waals surface area (Å²) in [4.78, 5) is 40.9. The number of rotatable bonds is 5. The first kappa shape index (κ1) is 16.9. The van der Waals surface area contributed by atoms with E-state index in [9.17, 15) is 14.4 Å². The second-order valence-electron chi connectivity index (χ2n) is 6.41. The van der Waals surface area contributed by atoms with Crippen LogP contribution in [0.2, 0.25) is 5.02 Å². The van der Waals surface area contributed by atoms with Crippen molar-refractivity contribution >= 4 is 29.4 Å². The first-order valence-electron chi connectivity index (χ1n) is 8.09. The molecule has 0 radical (unpaired) electrons. The highest BCUT2D eigenvalue weighted by atomic mass is 35.5. The Balaban J connectivity index is 1.65. The predicted molar refractivity (Wildman–Crippen MR) is 89.1 cm³/mol. The molecule has 1 aromatic rings. The molecule has 2 aliphatic rings. The lowest BCUT2D eigenvalue weighted by Crippen LogP contribution is -2.42. The van der Waals surface area contributed by atoms with Gasteiger partial charge in [0.05, 0.1) is 6.67 Å². The number of carbonyl (C=O) groups excluding carboxylic acids is 3. The summed E-state index contributed by atoms with van der Waals surface area (Å²) >= 11 is 5.86. The van der Waals surface area contributed by atoms with Crippen LogP contribution in [0.4, 0.5) is 4.79 Å². The topological polar surface area (TPSA) is 60.9 Å². The lowest BCUT2D eigenvalue weighted by molar-refractivity contribution is -0.144. The highest BCUT2D eigenvalue weighted by Gasteiger charge is 2.48. The van der Waals surface area contributed by atoms with Crippen LogP contribution in [-0.2, 0) is 16.1 Å². The average molecular weight is 350 g/mol. The molecule has 2 fully saturated rings. The smallest absolute Gasteiger partial charge is 0.284 e. The minimum absolute atomic E-state index is 0.0925. The number of halogens is 1. The summed E-state index contributed by atoms with van der Waals surface area (Å²) < 4.78 is 0. The summed E-state index contributed by atoms with van der Waals surface area (Å²) in [5, 5.41) is 0.657. The van der Waals surface area contributed by atoms with E-state index in [2.05, 4.69) is 0 Å². The van der Waals surface area contributed by atoms with E-state index >= 15 is 0 Å². The van der Waals surface area contributed by atoms with E-state index in [1.54, 1.807) is 19.2 Å². The lowest BCUT2D eigenvalue weighted by Gasteiger charge is -2.24. The fourth-order valence-corrected chi connectivity index (χ4v) is 3.45. The summed E-state index contributed by atoms with van der Waals surface area (Å²) in [7, 11) is 1.80. The van der Waals surface area contributed by atoms with Gasteiger partial charge in [-0.25, -0.2) is 9.69 Å². The molecule has 0 unspecified atom stereocenters. The molecule has 1 saturated carbocycles. The van der Waals surface area contributed by atoms with Crippen LogP contribution in [0, 0.1) is 0 Å². The van der Waals surface area contributed by atoms with Gasteiger partial charge in [-0.3, -0.25) is 19.4 Å². The van der Waals surface area contributed by atoms with Crippen molar-refractivity contribution in [3.63, 3.8) is 0 Å². The van der Waals surface area contributed by atoms with Gasteiger partial charge in [0.1, 0.15) is 0 Å². The van der Waals surface area contributed by atoms with Gasteiger partial charge in [-0.05, 0) is 37.6 Å². The molecular weight excluding hydrogens is 330 g/mol. The maximum atomic E-state index is 12.5. The number of carbonyl (C=O) groups is 3. The predicted octanol–water partition coefficient (Wildman–Crippen LogP) is 2.46. The summed E-state index contributed by atoms with van der Waals surface area (Å²) in [5.41, 5.74) is 1.01. The molecule has 7 heteroatoms. The van der Waals surface area contributed by atoms with E-state index in [1.165, 1.54) is 0 Å². The van der Waals surface area contributed by atoms with Crippen LogP contribution in [0.15, 0.2) is 24.3 Å². The molecule has 4 amide bonds. The lowest BCUT2D eigenvalue weighted by atomic mass is 10.2. The van der Waals surface area contributed by atoms with Gasteiger partial charge in [0.2, 0.25) is 0 Å². The fraction of sp³-hybridized carbons (Fsp3) is 0.471. The monoisotopic (exact) mass is 349 g/mol. The summed E-state index contributed by atoms with van der Waals surface area (Å²) in [6.45, 7) is 0.640. The molecule has 3 rings (SSSR count). The number of benzene rings is 1. The zero-order chi connectivity index (χ0) is 17.3. The zero-order valence-corrected chi connectivity index (χ0v) is 14.3. The minimum atomic E-state index is -0.727. The molecule has 0 bridgehead atoms. The molecule has 1 saturated heterocycles. The quantitative estimate of drug-likeness (QED) is 0.605. The Morgan fingerprint density at radius 3 is 2.33 bits per heavy atom. The third kappa shape index (κ3) is 3.30. The number of hydrogen-bond acceptors (Lipinski definition) is 4. The Labute approximate surface area is 146 Å². The van der Waals surface area contributed by atoms with Crippen LogP contribution in [0.25, 0.3) is 0 Å². The van der Waals surface area contributed by atoms with Crippen molar-refractivity contribution in [3.05, 3.63) is 34.9 Å². The first-order valence-corrected chi connectivity index (χ1v) is 8.47. The number of hydrogen-bond donors (Lipinski definition) is 0. The molecular formula is C17H20ClN3O3. The SMILES string of the molecule is CN(Cc1ccc(Cl)cc1)CN1C(=O)C(=O)N(C2CCCC2)C1=O. The van der Waals surface area contributed by atoms with Crippen LogP contribution in [-0.4, -0.2) is 52.3 Å². The van der Waals surface area contributed by atoms with Gasteiger partial charge < -0.3 is 0 Å². The number of imide groups is 2. The largest absolute Gasteiger partial charge is 0.335 e. The van der Waals surface area contributed by atoms with E-state index in [4.69, 9.17) is 11.6 Å². The van der Waals surface area contributed by atoms with Crippen LogP contribution in [0.5, 0.6) is 0 Å². The van der Waals surface area contributed by atoms with Gasteiger partial charge in [-0.15, -0.1) is 0 Å². The molecule has 6 nitrogen and oxygen atoms in total. The molecule has 1 heterocycles. The molecule has 24 heavy (non-hydrogen) atoms. The molecule has 0 atom stereocenters. The van der Waals surface area contributed by atoms with Crippen molar-refractivity contribution in [2.24, 2.45) is 0 Å². The third-order valence-electron chi connectivity index (χ3n) is 4.52. The van der Waals surface area contributed by atoms with E-state index in [0.717, 1.165) is 41.0 Å². The summed E-state index contributed by atoms with van der Waals surface area (Å²) in [6, 6.07) is 6.76. The highest BCUT2D eigenvalue weighted by molar-refractivity contribution is 6.44. The number of nitrogens with zero attached hydrogens (tertiary/aromatic N) is 3. The average Bonchev–Trinajstić information content (AvgIpc) is 3.14. The van der Waals surface area contributed by atoms with Gasteiger partial charge in [0, 0.05) is 17.6 Å². The first-order chi connectivity index (χ1) is 11.5. The Morgan fingerprint density at radius 1 is 1.08 bits per heavy atom. The fourth-order valence-electron chi connectivity index (χ4n) is 3.32. The molecule has 128 valence electrons. The summed E-state index contributed by atoms with van der Waals surface area (Å²) in [5.74, 6) is -1.42. The van der Waals surface area contributed by atoms with Crippen molar-refractivity contribution in [1.82, 2.24) is 14.7 Å².